The summed E-state index contributed by atoms with van der Waals surface area (Å²) < 4.78 is 0. The van der Waals surface area contributed by atoms with Gasteiger partial charge in [-0.05, 0) is 24.7 Å². The van der Waals surface area contributed by atoms with Gasteiger partial charge in [-0.2, -0.15) is 11.8 Å². The molecule has 1 aromatic carbocycles. The first kappa shape index (κ1) is 9.10. The first-order chi connectivity index (χ1) is 6.21. The Bertz CT molecular complexity index is 303. The zero-order valence-corrected chi connectivity index (χ0v) is 8.60. The quantitative estimate of drug-likeness (QED) is 0.740. The molecule has 1 nitrogen and oxygen atoms in total. The highest BCUT2D eigenvalue weighted by Crippen LogP contribution is 2.36. The van der Waals surface area contributed by atoms with Gasteiger partial charge in [0, 0.05) is 5.75 Å². The molecule has 70 valence electrons. The third-order valence-electron chi connectivity index (χ3n) is 2.56. The number of benzene rings is 1. The van der Waals surface area contributed by atoms with Crippen LogP contribution in [0.25, 0.3) is 0 Å². The molecule has 1 aliphatic heterocycles. The number of hydrogen-bond donors (Lipinski definition) is 1. The molecule has 1 aliphatic rings. The van der Waals surface area contributed by atoms with E-state index in [1.807, 2.05) is 23.9 Å². The molecule has 2 rings (SSSR count). The maximum Gasteiger partial charge on any atom is 0.0994 e. The van der Waals surface area contributed by atoms with Crippen molar-refractivity contribution in [3.05, 3.63) is 35.4 Å². The third kappa shape index (κ3) is 1.74. The van der Waals surface area contributed by atoms with Crippen LogP contribution in [0.5, 0.6) is 0 Å². The Kier molecular flexibility index (Phi) is 2.35. The monoisotopic (exact) mass is 194 g/mol. The summed E-state index contributed by atoms with van der Waals surface area (Å²) in [5.74, 6) is 1.92. The maximum atomic E-state index is 10.3. The second kappa shape index (κ2) is 3.35. The van der Waals surface area contributed by atoms with E-state index in [0.29, 0.717) is 0 Å². The summed E-state index contributed by atoms with van der Waals surface area (Å²) in [5.41, 5.74) is 1.75. The number of aliphatic hydroxyl groups is 1. The van der Waals surface area contributed by atoms with Crippen molar-refractivity contribution in [2.24, 2.45) is 0 Å². The fraction of sp³-hybridized carbons (Fsp3) is 0.455. The minimum atomic E-state index is -0.559. The first-order valence-electron chi connectivity index (χ1n) is 4.58. The lowest BCUT2D eigenvalue weighted by Gasteiger charge is -2.21. The van der Waals surface area contributed by atoms with E-state index >= 15 is 0 Å². The largest absolute Gasteiger partial charge is 0.384 e. The fourth-order valence-corrected chi connectivity index (χ4v) is 2.99. The minimum absolute atomic E-state index is 0.559. The molecule has 13 heavy (non-hydrogen) atoms. The van der Waals surface area contributed by atoms with Gasteiger partial charge in [0.25, 0.3) is 0 Å². The molecule has 0 unspecified atom stereocenters. The lowest BCUT2D eigenvalue weighted by atomic mass is 9.92. The van der Waals surface area contributed by atoms with Crippen molar-refractivity contribution < 1.29 is 5.11 Å². The van der Waals surface area contributed by atoms with Gasteiger partial charge in [0.05, 0.1) is 5.60 Å². The van der Waals surface area contributed by atoms with Crippen molar-refractivity contribution in [3.8, 4) is 0 Å². The van der Waals surface area contributed by atoms with Gasteiger partial charge in [-0.15, -0.1) is 0 Å². The number of rotatable bonds is 1. The van der Waals surface area contributed by atoms with Crippen LogP contribution in [0.4, 0.5) is 0 Å². The highest BCUT2D eigenvalue weighted by Gasteiger charge is 2.33. The van der Waals surface area contributed by atoms with Crippen molar-refractivity contribution >= 4 is 11.8 Å². The molecule has 0 aliphatic carbocycles. The average Bonchev–Trinajstić information content (AvgIpc) is 2.54. The zero-order chi connectivity index (χ0) is 9.31. The first-order valence-corrected chi connectivity index (χ1v) is 5.73. The Hall–Kier alpha value is -0.470. The van der Waals surface area contributed by atoms with Crippen molar-refractivity contribution in [2.75, 3.05) is 11.5 Å². The van der Waals surface area contributed by atoms with Gasteiger partial charge in [0.15, 0.2) is 0 Å². The normalized spacial score (nSPS) is 27.8. The molecule has 0 spiro atoms. The van der Waals surface area contributed by atoms with E-state index in [1.165, 1.54) is 5.56 Å². The van der Waals surface area contributed by atoms with Crippen LogP contribution < -0.4 is 0 Å². The summed E-state index contributed by atoms with van der Waals surface area (Å²) in [6, 6.07) is 8.20. The summed E-state index contributed by atoms with van der Waals surface area (Å²) >= 11 is 1.83. The Labute approximate surface area is 83.2 Å². The SMILES string of the molecule is Cc1cccc([C@@]2(O)CCSC2)c1. The van der Waals surface area contributed by atoms with E-state index in [0.717, 1.165) is 23.5 Å². The predicted molar refractivity (Wildman–Crippen MR) is 57.0 cm³/mol. The zero-order valence-electron chi connectivity index (χ0n) is 7.79. The van der Waals surface area contributed by atoms with E-state index in [-0.39, 0.29) is 0 Å². The van der Waals surface area contributed by atoms with Gasteiger partial charge in [0.1, 0.15) is 0 Å². The van der Waals surface area contributed by atoms with Crippen molar-refractivity contribution in [3.63, 3.8) is 0 Å². The van der Waals surface area contributed by atoms with Gasteiger partial charge < -0.3 is 5.11 Å². The average molecular weight is 194 g/mol. The Morgan fingerprint density at radius 1 is 1.46 bits per heavy atom. The van der Waals surface area contributed by atoms with Crippen LogP contribution in [-0.4, -0.2) is 16.6 Å². The molecule has 1 N–H and O–H groups in total. The molecule has 2 heteroatoms. The number of thioether (sulfide) groups is 1. The molecular formula is C11H14OS. The Morgan fingerprint density at radius 3 is 2.92 bits per heavy atom. The molecule has 1 atom stereocenters. The minimum Gasteiger partial charge on any atom is -0.384 e. The molecule has 0 bridgehead atoms. The summed E-state index contributed by atoms with van der Waals surface area (Å²) in [4.78, 5) is 0. The molecule has 0 aromatic heterocycles. The molecule has 0 saturated carbocycles. The van der Waals surface area contributed by atoms with Gasteiger partial charge >= 0.3 is 0 Å². The number of hydrogen-bond acceptors (Lipinski definition) is 2. The Morgan fingerprint density at radius 2 is 2.31 bits per heavy atom. The molecule has 1 aromatic rings. The predicted octanol–water partition coefficient (Wildman–Crippen LogP) is 2.32. The van der Waals surface area contributed by atoms with Crippen LogP contribution in [0.1, 0.15) is 17.5 Å². The van der Waals surface area contributed by atoms with E-state index in [1.54, 1.807) is 0 Å². The number of aryl methyl sites for hydroxylation is 1. The molecular weight excluding hydrogens is 180 g/mol. The van der Waals surface area contributed by atoms with Gasteiger partial charge in [-0.1, -0.05) is 29.8 Å². The highest BCUT2D eigenvalue weighted by molar-refractivity contribution is 7.99. The summed E-state index contributed by atoms with van der Waals surface area (Å²) in [5, 5.41) is 10.3. The standard InChI is InChI=1S/C11H14OS/c1-9-3-2-4-10(7-9)11(12)5-6-13-8-11/h2-4,7,12H,5-6,8H2,1H3/t11-/m1/s1. The van der Waals surface area contributed by atoms with E-state index in [4.69, 9.17) is 0 Å². The van der Waals surface area contributed by atoms with Crippen LogP contribution in [0.15, 0.2) is 24.3 Å². The van der Waals surface area contributed by atoms with Gasteiger partial charge in [0.2, 0.25) is 0 Å². The van der Waals surface area contributed by atoms with Crippen LogP contribution in [0, 0.1) is 6.92 Å². The third-order valence-corrected chi connectivity index (χ3v) is 3.73. The molecule has 0 radical (unpaired) electrons. The van der Waals surface area contributed by atoms with Crippen molar-refractivity contribution in [1.29, 1.82) is 0 Å². The Balaban J connectivity index is 2.33. The molecule has 1 fully saturated rings. The fourth-order valence-electron chi connectivity index (χ4n) is 1.72. The van der Waals surface area contributed by atoms with Crippen LogP contribution in [-0.2, 0) is 5.60 Å². The summed E-state index contributed by atoms with van der Waals surface area (Å²) in [6.07, 6.45) is 0.890. The second-order valence-electron chi connectivity index (χ2n) is 3.70. The van der Waals surface area contributed by atoms with E-state index in [9.17, 15) is 5.11 Å². The molecule has 1 saturated heterocycles. The van der Waals surface area contributed by atoms with Crippen molar-refractivity contribution in [1.82, 2.24) is 0 Å². The van der Waals surface area contributed by atoms with Crippen LogP contribution in [0.2, 0.25) is 0 Å². The highest BCUT2D eigenvalue weighted by atomic mass is 32.2. The summed E-state index contributed by atoms with van der Waals surface area (Å²) in [6.45, 7) is 2.06. The van der Waals surface area contributed by atoms with Crippen LogP contribution >= 0.6 is 11.8 Å². The lowest BCUT2D eigenvalue weighted by molar-refractivity contribution is 0.0657. The van der Waals surface area contributed by atoms with E-state index in [2.05, 4.69) is 19.1 Å². The molecule has 0 amide bonds. The summed E-state index contributed by atoms with van der Waals surface area (Å²) in [7, 11) is 0. The maximum absolute atomic E-state index is 10.3. The molecule has 1 heterocycles. The van der Waals surface area contributed by atoms with Crippen molar-refractivity contribution in [2.45, 2.75) is 18.9 Å². The van der Waals surface area contributed by atoms with Crippen LogP contribution in [0.3, 0.4) is 0 Å². The van der Waals surface area contributed by atoms with E-state index < -0.39 is 5.60 Å². The van der Waals surface area contributed by atoms with Gasteiger partial charge in [-0.25, -0.2) is 0 Å². The second-order valence-corrected chi connectivity index (χ2v) is 4.81. The van der Waals surface area contributed by atoms with Gasteiger partial charge in [-0.3, -0.25) is 0 Å². The topological polar surface area (TPSA) is 20.2 Å². The smallest absolute Gasteiger partial charge is 0.0994 e. The lowest BCUT2D eigenvalue weighted by Crippen LogP contribution is -2.24.